The van der Waals surface area contributed by atoms with Crippen molar-refractivity contribution in [2.24, 2.45) is 0 Å². The Kier molecular flexibility index (Phi) is 5.95. The van der Waals surface area contributed by atoms with Crippen LogP contribution in [0.1, 0.15) is 52.7 Å². The predicted molar refractivity (Wildman–Crippen MR) is 107 cm³/mol. The van der Waals surface area contributed by atoms with Crippen LogP contribution in [0.25, 0.3) is 11.0 Å². The fraction of sp³-hybridized carbons (Fsp3) is 0.227. The molecule has 0 fully saturated rings. The van der Waals surface area contributed by atoms with Gasteiger partial charge in [-0.05, 0) is 36.1 Å². The average Bonchev–Trinajstić information content (AvgIpc) is 2.71. The Labute approximate surface area is 166 Å². The van der Waals surface area contributed by atoms with Gasteiger partial charge in [-0.15, -0.1) is 0 Å². The fourth-order valence-corrected chi connectivity index (χ4v) is 2.92. The van der Waals surface area contributed by atoms with Gasteiger partial charge in [-0.2, -0.15) is 0 Å². The number of esters is 1. The highest BCUT2D eigenvalue weighted by Gasteiger charge is 2.16. The average molecular weight is 399 g/mol. The Bertz CT molecular complexity index is 1080. The first-order chi connectivity index (χ1) is 13.4. The van der Waals surface area contributed by atoms with Crippen LogP contribution in [0.5, 0.6) is 0 Å². The molecule has 1 heterocycles. The number of carbonyl (C=O) groups excluding carboxylic acids is 2. The number of fused-ring (bicyclic) bond motifs is 1. The number of hydrogen-bond donors (Lipinski definition) is 0. The minimum absolute atomic E-state index is 0.218. The van der Waals surface area contributed by atoms with Gasteiger partial charge in [0.05, 0.1) is 5.39 Å². The van der Waals surface area contributed by atoms with Gasteiger partial charge in [0.2, 0.25) is 5.76 Å². The molecule has 2 aromatic carbocycles. The van der Waals surface area contributed by atoms with E-state index in [9.17, 15) is 14.4 Å². The van der Waals surface area contributed by atoms with E-state index in [1.165, 1.54) is 12.1 Å². The van der Waals surface area contributed by atoms with E-state index >= 15 is 0 Å². The zero-order valence-electron chi connectivity index (χ0n) is 15.5. The van der Waals surface area contributed by atoms with Gasteiger partial charge >= 0.3 is 5.97 Å². The first kappa shape index (κ1) is 19.8. The van der Waals surface area contributed by atoms with E-state index in [-0.39, 0.29) is 22.5 Å². The molecule has 0 saturated heterocycles. The molecule has 0 aliphatic carbocycles. The second-order valence-electron chi connectivity index (χ2n) is 6.55. The second kappa shape index (κ2) is 8.40. The lowest BCUT2D eigenvalue weighted by Gasteiger charge is -2.09. The number of halogens is 1. The molecular weight excluding hydrogens is 380 g/mol. The van der Waals surface area contributed by atoms with Gasteiger partial charge in [-0.3, -0.25) is 9.59 Å². The normalized spacial score (nSPS) is 12.0. The van der Waals surface area contributed by atoms with Crippen LogP contribution >= 0.6 is 11.6 Å². The highest BCUT2D eigenvalue weighted by atomic mass is 35.5. The molecule has 1 atom stereocenters. The van der Waals surface area contributed by atoms with Crippen molar-refractivity contribution in [2.45, 2.75) is 26.2 Å². The maximum Gasteiger partial charge on any atom is 0.374 e. The number of benzene rings is 2. The third-order valence-electron chi connectivity index (χ3n) is 4.64. The van der Waals surface area contributed by atoms with Crippen molar-refractivity contribution in [3.8, 4) is 0 Å². The molecule has 0 saturated carbocycles. The van der Waals surface area contributed by atoms with Crippen molar-refractivity contribution in [3.63, 3.8) is 0 Å². The number of rotatable bonds is 6. The van der Waals surface area contributed by atoms with E-state index in [2.05, 4.69) is 13.8 Å². The molecule has 3 aromatic rings. The van der Waals surface area contributed by atoms with Crippen molar-refractivity contribution in [1.29, 1.82) is 0 Å². The minimum atomic E-state index is -0.876. The summed E-state index contributed by atoms with van der Waals surface area (Å²) in [7, 11) is 0. The van der Waals surface area contributed by atoms with Crippen molar-refractivity contribution in [1.82, 2.24) is 0 Å². The van der Waals surface area contributed by atoms with Crippen molar-refractivity contribution < 1.29 is 18.7 Å². The topological polar surface area (TPSA) is 73.6 Å². The maximum absolute atomic E-state index is 12.3. The summed E-state index contributed by atoms with van der Waals surface area (Å²) in [5.41, 5.74) is 1.40. The van der Waals surface area contributed by atoms with Crippen LogP contribution in [0.3, 0.4) is 0 Å². The van der Waals surface area contributed by atoms with E-state index in [4.69, 9.17) is 20.8 Å². The van der Waals surface area contributed by atoms with Crippen LogP contribution in [0.15, 0.2) is 57.7 Å². The first-order valence-corrected chi connectivity index (χ1v) is 9.30. The lowest BCUT2D eigenvalue weighted by molar-refractivity contribution is 0.0444. The quantitative estimate of drug-likeness (QED) is 0.431. The molecule has 6 heteroatoms. The molecule has 144 valence electrons. The lowest BCUT2D eigenvalue weighted by atomic mass is 9.97. The molecule has 5 nitrogen and oxygen atoms in total. The number of carbonyl (C=O) groups is 2. The Morgan fingerprint density at radius 3 is 2.50 bits per heavy atom. The van der Waals surface area contributed by atoms with Gasteiger partial charge in [-0.1, -0.05) is 49.7 Å². The van der Waals surface area contributed by atoms with Crippen molar-refractivity contribution in [3.05, 3.63) is 80.7 Å². The summed E-state index contributed by atoms with van der Waals surface area (Å²) in [4.78, 5) is 36.6. The van der Waals surface area contributed by atoms with E-state index in [1.54, 1.807) is 18.2 Å². The van der Waals surface area contributed by atoms with Gasteiger partial charge in [0.15, 0.2) is 17.8 Å². The monoisotopic (exact) mass is 398 g/mol. The lowest BCUT2D eigenvalue weighted by Crippen LogP contribution is -2.16. The van der Waals surface area contributed by atoms with Crippen LogP contribution in [0.2, 0.25) is 5.02 Å². The van der Waals surface area contributed by atoms with Crippen LogP contribution in [-0.2, 0) is 4.74 Å². The number of Topliss-reactive ketones (excluding diaryl/α,β-unsaturated/α-hetero) is 1. The molecule has 0 amide bonds. The SMILES string of the molecule is CC[C@@H](C)c1ccc(C(=O)COC(=O)c2cc(=O)c3cc(Cl)ccc3o2)cc1. The maximum atomic E-state index is 12.3. The van der Waals surface area contributed by atoms with E-state index < -0.39 is 18.0 Å². The molecule has 0 radical (unpaired) electrons. The molecule has 28 heavy (non-hydrogen) atoms. The summed E-state index contributed by atoms with van der Waals surface area (Å²) in [5, 5.41) is 0.654. The zero-order valence-corrected chi connectivity index (χ0v) is 16.3. The number of ether oxygens (including phenoxy) is 1. The molecule has 3 rings (SSSR count). The highest BCUT2D eigenvalue weighted by molar-refractivity contribution is 6.31. The molecule has 1 aromatic heterocycles. The number of hydrogen-bond acceptors (Lipinski definition) is 5. The summed E-state index contributed by atoms with van der Waals surface area (Å²) in [5.74, 6) is -1.06. The Balaban J connectivity index is 1.70. The van der Waals surface area contributed by atoms with Crippen LogP contribution in [-0.4, -0.2) is 18.4 Å². The van der Waals surface area contributed by atoms with Gasteiger partial charge in [0, 0.05) is 16.7 Å². The van der Waals surface area contributed by atoms with Crippen molar-refractivity contribution >= 4 is 34.3 Å². The molecular formula is C22H19ClO5. The van der Waals surface area contributed by atoms with Gasteiger partial charge in [0.25, 0.3) is 0 Å². The van der Waals surface area contributed by atoms with Crippen LogP contribution in [0.4, 0.5) is 0 Å². The Morgan fingerprint density at radius 1 is 1.11 bits per heavy atom. The Morgan fingerprint density at radius 2 is 1.82 bits per heavy atom. The third-order valence-corrected chi connectivity index (χ3v) is 4.87. The van der Waals surface area contributed by atoms with Gasteiger partial charge in [0.1, 0.15) is 5.58 Å². The second-order valence-corrected chi connectivity index (χ2v) is 6.98. The van der Waals surface area contributed by atoms with E-state index in [1.807, 2.05) is 12.1 Å². The molecule has 0 unspecified atom stereocenters. The standard InChI is InChI=1S/C22H19ClO5/c1-3-13(2)14-4-6-15(7-5-14)19(25)12-27-22(26)21-11-18(24)17-10-16(23)8-9-20(17)28-21/h4-11,13H,3,12H2,1-2H3/t13-/m1/s1. The van der Waals surface area contributed by atoms with Crippen LogP contribution < -0.4 is 5.43 Å². The summed E-state index contributed by atoms with van der Waals surface area (Å²) >= 11 is 5.86. The summed E-state index contributed by atoms with van der Waals surface area (Å²) < 4.78 is 10.4. The largest absolute Gasteiger partial charge is 0.451 e. The molecule has 0 aliphatic rings. The molecule has 0 bridgehead atoms. The molecule has 0 aliphatic heterocycles. The summed E-state index contributed by atoms with van der Waals surface area (Å²) in [6, 6.07) is 12.8. The molecule has 0 N–H and O–H groups in total. The van der Waals surface area contributed by atoms with Gasteiger partial charge < -0.3 is 9.15 Å². The highest BCUT2D eigenvalue weighted by Crippen LogP contribution is 2.20. The first-order valence-electron chi connectivity index (χ1n) is 8.92. The van der Waals surface area contributed by atoms with Crippen molar-refractivity contribution in [2.75, 3.05) is 6.61 Å². The van der Waals surface area contributed by atoms with Gasteiger partial charge in [-0.25, -0.2) is 4.79 Å². The third kappa shape index (κ3) is 4.31. The smallest absolute Gasteiger partial charge is 0.374 e. The Hall–Kier alpha value is -2.92. The predicted octanol–water partition coefficient (Wildman–Crippen LogP) is 5.00. The minimum Gasteiger partial charge on any atom is -0.451 e. The van der Waals surface area contributed by atoms with E-state index in [0.29, 0.717) is 16.5 Å². The summed E-state index contributed by atoms with van der Waals surface area (Å²) in [6.45, 7) is 3.77. The van der Waals surface area contributed by atoms with Crippen LogP contribution in [0, 0.1) is 0 Å². The number of ketones is 1. The fourth-order valence-electron chi connectivity index (χ4n) is 2.75. The summed E-state index contributed by atoms with van der Waals surface area (Å²) in [6.07, 6.45) is 1.01. The van der Waals surface area contributed by atoms with E-state index in [0.717, 1.165) is 18.1 Å². The zero-order chi connectivity index (χ0) is 20.3. The molecule has 0 spiro atoms.